The number of hydrogen-bond donors (Lipinski definition) is 1. The molecule has 1 aromatic carbocycles. The minimum atomic E-state index is -3.47. The fourth-order valence-electron chi connectivity index (χ4n) is 2.31. The van der Waals surface area contributed by atoms with Crippen molar-refractivity contribution >= 4 is 10.0 Å². The summed E-state index contributed by atoms with van der Waals surface area (Å²) in [6, 6.07) is 6.34. The van der Waals surface area contributed by atoms with Crippen molar-refractivity contribution < 1.29 is 13.2 Å². The average molecular weight is 328 g/mol. The number of methoxy groups -OCH3 is 1. The van der Waals surface area contributed by atoms with E-state index in [1.165, 1.54) is 0 Å². The van der Waals surface area contributed by atoms with Gasteiger partial charge in [0, 0.05) is 6.04 Å². The van der Waals surface area contributed by atoms with Gasteiger partial charge in [0.05, 0.1) is 12.0 Å². The molecule has 5 nitrogen and oxygen atoms in total. The maximum atomic E-state index is 12.3. The van der Waals surface area contributed by atoms with Gasteiger partial charge in [-0.15, -0.1) is 0 Å². The molecule has 0 aliphatic carbocycles. The van der Waals surface area contributed by atoms with Crippen LogP contribution in [0.25, 0.3) is 0 Å². The Labute approximate surface area is 134 Å². The highest BCUT2D eigenvalue weighted by atomic mass is 32.2. The zero-order chi connectivity index (χ0) is 16.6. The molecule has 126 valence electrons. The minimum absolute atomic E-state index is 0.0809. The van der Waals surface area contributed by atoms with E-state index in [1.54, 1.807) is 31.4 Å². The quantitative estimate of drug-likeness (QED) is 0.717. The van der Waals surface area contributed by atoms with Crippen LogP contribution in [0.5, 0.6) is 5.75 Å². The lowest BCUT2D eigenvalue weighted by atomic mass is 10.2. The van der Waals surface area contributed by atoms with E-state index in [9.17, 15) is 8.42 Å². The Kier molecular flexibility index (Phi) is 7.85. The molecule has 0 heterocycles. The van der Waals surface area contributed by atoms with Crippen molar-refractivity contribution in [3.63, 3.8) is 0 Å². The lowest BCUT2D eigenvalue weighted by Gasteiger charge is -2.19. The molecule has 0 saturated carbocycles. The minimum Gasteiger partial charge on any atom is -0.497 e. The molecule has 22 heavy (non-hydrogen) atoms. The molecule has 1 rings (SSSR count). The van der Waals surface area contributed by atoms with Gasteiger partial charge >= 0.3 is 0 Å². The summed E-state index contributed by atoms with van der Waals surface area (Å²) in [5.74, 6) is 0.645. The summed E-state index contributed by atoms with van der Waals surface area (Å²) >= 11 is 0. The molecule has 1 atom stereocenters. The molecule has 0 aliphatic rings. The van der Waals surface area contributed by atoms with Crippen LogP contribution < -0.4 is 9.46 Å². The molecular formula is C16H28N2O3S. The van der Waals surface area contributed by atoms with Crippen molar-refractivity contribution in [2.75, 3.05) is 26.7 Å². The van der Waals surface area contributed by atoms with E-state index in [2.05, 4.69) is 23.5 Å². The number of ether oxygens (including phenoxy) is 1. The number of rotatable bonds is 10. The van der Waals surface area contributed by atoms with Crippen molar-refractivity contribution in [2.24, 2.45) is 0 Å². The highest BCUT2D eigenvalue weighted by molar-refractivity contribution is 7.89. The fourth-order valence-corrected chi connectivity index (χ4v) is 3.59. The van der Waals surface area contributed by atoms with Crippen LogP contribution in [0.1, 0.15) is 33.6 Å². The lowest BCUT2D eigenvalue weighted by Crippen LogP contribution is -2.33. The molecule has 0 bridgehead atoms. The SMILES string of the molecule is CCN(CC)CCC[C@@H](C)NS(=O)(=O)c1ccc(OC)cc1. The van der Waals surface area contributed by atoms with Crippen molar-refractivity contribution in [3.05, 3.63) is 24.3 Å². The van der Waals surface area contributed by atoms with Crippen LogP contribution >= 0.6 is 0 Å². The van der Waals surface area contributed by atoms with E-state index in [1.807, 2.05) is 6.92 Å². The van der Waals surface area contributed by atoms with Gasteiger partial charge in [-0.3, -0.25) is 0 Å². The molecular weight excluding hydrogens is 300 g/mol. The zero-order valence-corrected chi connectivity index (χ0v) is 14.8. The monoisotopic (exact) mass is 328 g/mol. The Hall–Kier alpha value is -1.11. The third-order valence-corrected chi connectivity index (χ3v) is 5.34. The number of nitrogens with one attached hydrogen (secondary N) is 1. The molecule has 1 N–H and O–H groups in total. The van der Waals surface area contributed by atoms with Crippen LogP contribution in [0.4, 0.5) is 0 Å². The molecule has 6 heteroatoms. The van der Waals surface area contributed by atoms with Gasteiger partial charge in [0.15, 0.2) is 0 Å². The zero-order valence-electron chi connectivity index (χ0n) is 14.0. The van der Waals surface area contributed by atoms with Crippen LogP contribution in [0, 0.1) is 0 Å². The summed E-state index contributed by atoms with van der Waals surface area (Å²) < 4.78 is 32.4. The fraction of sp³-hybridized carbons (Fsp3) is 0.625. The van der Waals surface area contributed by atoms with Gasteiger partial charge in [0.2, 0.25) is 10.0 Å². The smallest absolute Gasteiger partial charge is 0.240 e. The van der Waals surface area contributed by atoms with Crippen LogP contribution in [-0.4, -0.2) is 46.1 Å². The van der Waals surface area contributed by atoms with Gasteiger partial charge in [-0.2, -0.15) is 0 Å². The van der Waals surface area contributed by atoms with Crippen LogP contribution in [0.2, 0.25) is 0 Å². The second kappa shape index (κ2) is 9.12. The second-order valence-electron chi connectivity index (χ2n) is 5.37. The third kappa shape index (κ3) is 5.94. The topological polar surface area (TPSA) is 58.6 Å². The maximum absolute atomic E-state index is 12.3. The number of benzene rings is 1. The third-order valence-electron chi connectivity index (χ3n) is 3.73. The van der Waals surface area contributed by atoms with E-state index in [0.717, 1.165) is 32.5 Å². The summed E-state index contributed by atoms with van der Waals surface area (Å²) in [4.78, 5) is 2.61. The van der Waals surface area contributed by atoms with Gasteiger partial charge in [-0.25, -0.2) is 13.1 Å². The molecule has 0 saturated heterocycles. The van der Waals surface area contributed by atoms with Crippen molar-refractivity contribution in [1.29, 1.82) is 0 Å². The summed E-state index contributed by atoms with van der Waals surface area (Å²) in [6.45, 7) is 9.24. The normalized spacial score (nSPS) is 13.3. The van der Waals surface area contributed by atoms with Crippen molar-refractivity contribution in [3.8, 4) is 5.75 Å². The molecule has 0 amide bonds. The Morgan fingerprint density at radius 3 is 2.27 bits per heavy atom. The molecule has 1 aromatic rings. The Morgan fingerprint density at radius 1 is 1.18 bits per heavy atom. The molecule has 0 fully saturated rings. The van der Waals surface area contributed by atoms with Crippen molar-refractivity contribution in [2.45, 2.75) is 44.6 Å². The highest BCUT2D eigenvalue weighted by Gasteiger charge is 2.17. The highest BCUT2D eigenvalue weighted by Crippen LogP contribution is 2.16. The van der Waals surface area contributed by atoms with Crippen LogP contribution in [-0.2, 0) is 10.0 Å². The molecule has 0 radical (unpaired) electrons. The summed E-state index contributed by atoms with van der Waals surface area (Å²) in [5.41, 5.74) is 0. The predicted octanol–water partition coefficient (Wildman–Crippen LogP) is 2.48. The number of nitrogens with zero attached hydrogens (tertiary/aromatic N) is 1. The van der Waals surface area contributed by atoms with E-state index in [-0.39, 0.29) is 10.9 Å². The molecule has 0 aliphatic heterocycles. The number of sulfonamides is 1. The standard InChI is InChI=1S/C16H28N2O3S/c1-5-18(6-2)13-7-8-14(3)17-22(19,20)16-11-9-15(21-4)10-12-16/h9-12,14,17H,5-8,13H2,1-4H3/t14-/m1/s1. The Balaban J connectivity index is 2.52. The maximum Gasteiger partial charge on any atom is 0.240 e. The first-order valence-corrected chi connectivity index (χ1v) is 9.30. The Morgan fingerprint density at radius 2 is 1.77 bits per heavy atom. The summed E-state index contributed by atoms with van der Waals surface area (Å²) in [7, 11) is -1.91. The largest absolute Gasteiger partial charge is 0.497 e. The lowest BCUT2D eigenvalue weighted by molar-refractivity contribution is 0.293. The van der Waals surface area contributed by atoms with Gasteiger partial charge < -0.3 is 9.64 Å². The first kappa shape index (κ1) is 18.9. The summed E-state index contributed by atoms with van der Waals surface area (Å²) in [6.07, 6.45) is 1.81. The first-order valence-electron chi connectivity index (χ1n) is 7.81. The van der Waals surface area contributed by atoms with Gasteiger partial charge in [0.25, 0.3) is 0 Å². The number of hydrogen-bond acceptors (Lipinski definition) is 4. The van der Waals surface area contributed by atoms with E-state index in [4.69, 9.17) is 4.74 Å². The van der Waals surface area contributed by atoms with E-state index >= 15 is 0 Å². The van der Waals surface area contributed by atoms with Crippen molar-refractivity contribution in [1.82, 2.24) is 9.62 Å². The molecule has 0 aromatic heterocycles. The second-order valence-corrected chi connectivity index (χ2v) is 7.08. The molecule has 0 unspecified atom stereocenters. The van der Waals surface area contributed by atoms with E-state index < -0.39 is 10.0 Å². The van der Waals surface area contributed by atoms with Gasteiger partial charge in [-0.1, -0.05) is 13.8 Å². The average Bonchev–Trinajstić information content (AvgIpc) is 2.51. The van der Waals surface area contributed by atoms with E-state index in [0.29, 0.717) is 5.75 Å². The first-order chi connectivity index (χ1) is 10.4. The summed E-state index contributed by atoms with van der Waals surface area (Å²) in [5, 5.41) is 0. The molecule has 0 spiro atoms. The van der Waals surface area contributed by atoms with Crippen LogP contribution in [0.3, 0.4) is 0 Å². The van der Waals surface area contributed by atoms with Crippen LogP contribution in [0.15, 0.2) is 29.2 Å². The Bertz CT molecular complexity index is 525. The predicted molar refractivity (Wildman–Crippen MR) is 89.8 cm³/mol. The van der Waals surface area contributed by atoms with Gasteiger partial charge in [-0.05, 0) is 63.7 Å². The van der Waals surface area contributed by atoms with Gasteiger partial charge in [0.1, 0.15) is 5.75 Å².